The summed E-state index contributed by atoms with van der Waals surface area (Å²) in [6, 6.07) is 23.3. The largest absolute Gasteiger partial charge is 0.396 e. The van der Waals surface area contributed by atoms with Crippen molar-refractivity contribution in [2.24, 2.45) is 11.8 Å². The molecule has 1 aromatic heterocycles. The second kappa shape index (κ2) is 10.2. The van der Waals surface area contributed by atoms with Crippen molar-refractivity contribution in [1.82, 2.24) is 14.8 Å². The smallest absolute Gasteiger partial charge is 0.258 e. The zero-order chi connectivity index (χ0) is 25.2. The van der Waals surface area contributed by atoms with E-state index in [2.05, 4.69) is 22.3 Å². The molecule has 2 N–H and O–H groups in total. The number of aromatic nitrogens is 1. The lowest BCUT2D eigenvalue weighted by molar-refractivity contribution is -0.128. The number of hydrogen-bond acceptors (Lipinski definition) is 4. The molecule has 1 saturated heterocycles. The lowest BCUT2D eigenvalue weighted by Gasteiger charge is -2.38. The second-order valence-corrected chi connectivity index (χ2v) is 9.81. The van der Waals surface area contributed by atoms with E-state index < -0.39 is 5.92 Å². The van der Waals surface area contributed by atoms with Crippen LogP contribution in [0.1, 0.15) is 48.3 Å². The van der Waals surface area contributed by atoms with Crippen LogP contribution in [0.4, 0.5) is 0 Å². The molecule has 2 aromatic carbocycles. The number of pyridine rings is 1. The van der Waals surface area contributed by atoms with Crippen molar-refractivity contribution in [3.8, 4) is 0 Å². The Morgan fingerprint density at radius 2 is 1.78 bits per heavy atom. The van der Waals surface area contributed by atoms with Crippen LogP contribution in [0.3, 0.4) is 0 Å². The topological polar surface area (TPSA) is 74.6 Å². The van der Waals surface area contributed by atoms with E-state index in [1.165, 1.54) is 0 Å². The molecular formula is C30H33N3O3. The van der Waals surface area contributed by atoms with Gasteiger partial charge in [0.15, 0.2) is 0 Å². The van der Waals surface area contributed by atoms with Gasteiger partial charge in [-0.15, -0.1) is 0 Å². The summed E-state index contributed by atoms with van der Waals surface area (Å²) >= 11 is 0. The molecule has 0 unspecified atom stereocenters. The molecule has 3 aromatic rings. The summed E-state index contributed by atoms with van der Waals surface area (Å²) in [4.78, 5) is 29.5. The van der Waals surface area contributed by atoms with E-state index in [0.717, 1.165) is 16.8 Å². The van der Waals surface area contributed by atoms with Gasteiger partial charge in [0, 0.05) is 42.9 Å². The third kappa shape index (κ3) is 4.31. The zero-order valence-electron chi connectivity index (χ0n) is 20.7. The number of aliphatic hydroxyl groups excluding tert-OH is 1. The van der Waals surface area contributed by atoms with E-state index in [0.29, 0.717) is 18.7 Å². The van der Waals surface area contributed by atoms with Crippen LogP contribution in [0.2, 0.25) is 0 Å². The van der Waals surface area contributed by atoms with Gasteiger partial charge in [0.1, 0.15) is 0 Å². The van der Waals surface area contributed by atoms with Crippen LogP contribution in [0, 0.1) is 11.8 Å². The Labute approximate surface area is 211 Å². The van der Waals surface area contributed by atoms with Crippen LogP contribution >= 0.6 is 0 Å². The Balaban J connectivity index is 1.55. The highest BCUT2D eigenvalue weighted by Crippen LogP contribution is 2.49. The Morgan fingerprint density at radius 3 is 2.44 bits per heavy atom. The Kier molecular flexibility index (Phi) is 6.90. The average molecular weight is 484 g/mol. The molecule has 5 rings (SSSR count). The maximum atomic E-state index is 13.9. The standard InChI is InChI=1S/C30H33N3O3/c1-3-10-23-15-16-25-28-27(29(35)31-20(2)22-13-8-5-9-14-22)24(19-34)26(18-33(25)30(23)36)32(28)17-21-11-6-4-7-12-21/h3-16,20,24,26-28,34H,17-19H2,1-2H3,(H,31,35)/b10-3-/t20-,24-,26-,27+,28+/m1/s1. The van der Waals surface area contributed by atoms with Crippen LogP contribution in [0.5, 0.6) is 0 Å². The highest BCUT2D eigenvalue weighted by atomic mass is 16.3. The van der Waals surface area contributed by atoms with Gasteiger partial charge in [-0.25, -0.2) is 0 Å². The van der Waals surface area contributed by atoms with Crippen molar-refractivity contribution >= 4 is 12.0 Å². The van der Waals surface area contributed by atoms with Crippen molar-refractivity contribution < 1.29 is 9.90 Å². The quantitative estimate of drug-likeness (QED) is 0.534. The van der Waals surface area contributed by atoms with Gasteiger partial charge < -0.3 is 15.0 Å². The number of fused-ring (bicyclic) bond motifs is 4. The summed E-state index contributed by atoms with van der Waals surface area (Å²) < 4.78 is 1.82. The summed E-state index contributed by atoms with van der Waals surface area (Å²) in [6.45, 7) is 4.85. The van der Waals surface area contributed by atoms with Crippen molar-refractivity contribution in [3.63, 3.8) is 0 Å². The van der Waals surface area contributed by atoms with E-state index in [1.807, 2.05) is 91.2 Å². The first-order chi connectivity index (χ1) is 17.5. The first-order valence-corrected chi connectivity index (χ1v) is 12.7. The minimum Gasteiger partial charge on any atom is -0.396 e. The van der Waals surface area contributed by atoms with E-state index in [4.69, 9.17) is 0 Å². The molecule has 3 heterocycles. The number of carbonyl (C=O) groups excluding carboxylic acids is 1. The number of allylic oxidation sites excluding steroid dienone is 1. The van der Waals surface area contributed by atoms with Gasteiger partial charge in [0.25, 0.3) is 5.56 Å². The number of nitrogens with zero attached hydrogens (tertiary/aromatic N) is 2. The van der Waals surface area contributed by atoms with Gasteiger partial charge in [0.2, 0.25) is 5.91 Å². The number of hydrogen-bond donors (Lipinski definition) is 2. The normalized spacial score (nSPS) is 24.0. The lowest BCUT2D eigenvalue weighted by Crippen LogP contribution is -2.46. The van der Waals surface area contributed by atoms with Gasteiger partial charge in [-0.3, -0.25) is 14.5 Å². The molecule has 2 bridgehead atoms. The SMILES string of the molecule is C/C=C\c1ccc2n(c1=O)C[C@@H]1[C@@H](CO)[C@H](C(=O)N[C@H](C)c3ccccc3)[C@H]2N1Cc1ccccc1. The fourth-order valence-corrected chi connectivity index (χ4v) is 5.99. The summed E-state index contributed by atoms with van der Waals surface area (Å²) in [5.74, 6) is -0.851. The Morgan fingerprint density at radius 1 is 1.08 bits per heavy atom. The van der Waals surface area contributed by atoms with E-state index in [-0.39, 0.29) is 42.1 Å². The van der Waals surface area contributed by atoms with Crippen LogP contribution in [0.25, 0.3) is 6.08 Å². The molecule has 0 spiro atoms. The molecule has 6 heteroatoms. The van der Waals surface area contributed by atoms with E-state index in [9.17, 15) is 14.7 Å². The summed E-state index contributed by atoms with van der Waals surface area (Å²) in [5.41, 5.74) is 3.60. The molecule has 1 fully saturated rings. The molecule has 5 atom stereocenters. The first kappa shape index (κ1) is 24.2. The number of carbonyl (C=O) groups is 1. The highest BCUT2D eigenvalue weighted by molar-refractivity contribution is 5.81. The predicted molar refractivity (Wildman–Crippen MR) is 141 cm³/mol. The highest BCUT2D eigenvalue weighted by Gasteiger charge is 2.55. The van der Waals surface area contributed by atoms with E-state index in [1.54, 1.807) is 0 Å². The van der Waals surface area contributed by atoms with Crippen molar-refractivity contribution in [3.05, 3.63) is 112 Å². The number of aliphatic hydroxyl groups is 1. The molecule has 0 aliphatic carbocycles. The molecule has 0 saturated carbocycles. The Hall–Kier alpha value is -3.48. The molecule has 186 valence electrons. The van der Waals surface area contributed by atoms with E-state index >= 15 is 0 Å². The van der Waals surface area contributed by atoms with Crippen LogP contribution in [-0.4, -0.2) is 33.1 Å². The third-order valence-corrected chi connectivity index (χ3v) is 7.72. The molecule has 1 amide bonds. The second-order valence-electron chi connectivity index (χ2n) is 9.81. The van der Waals surface area contributed by atoms with Crippen molar-refractivity contribution in [1.29, 1.82) is 0 Å². The van der Waals surface area contributed by atoms with Crippen LogP contribution in [0.15, 0.2) is 83.7 Å². The first-order valence-electron chi connectivity index (χ1n) is 12.7. The maximum Gasteiger partial charge on any atom is 0.258 e. The third-order valence-electron chi connectivity index (χ3n) is 7.72. The van der Waals surface area contributed by atoms with Gasteiger partial charge in [-0.1, -0.05) is 72.8 Å². The predicted octanol–water partition coefficient (Wildman–Crippen LogP) is 3.92. The monoisotopic (exact) mass is 483 g/mol. The minimum atomic E-state index is -0.476. The molecule has 2 aliphatic rings. The van der Waals surface area contributed by atoms with Gasteiger partial charge in [0.05, 0.1) is 18.0 Å². The van der Waals surface area contributed by atoms with Crippen molar-refractivity contribution in [2.75, 3.05) is 6.61 Å². The molecule has 2 aliphatic heterocycles. The van der Waals surface area contributed by atoms with Crippen LogP contribution in [-0.2, 0) is 17.9 Å². The molecule has 6 nitrogen and oxygen atoms in total. The van der Waals surface area contributed by atoms with Gasteiger partial charge >= 0.3 is 0 Å². The average Bonchev–Trinajstić information content (AvgIpc) is 3.10. The summed E-state index contributed by atoms with van der Waals surface area (Å²) in [7, 11) is 0. The van der Waals surface area contributed by atoms with Gasteiger partial charge in [-0.05, 0) is 37.1 Å². The minimum absolute atomic E-state index is 0.0460. The zero-order valence-corrected chi connectivity index (χ0v) is 20.7. The summed E-state index contributed by atoms with van der Waals surface area (Å²) in [5, 5.41) is 13.8. The fourth-order valence-electron chi connectivity index (χ4n) is 5.99. The lowest BCUT2D eigenvalue weighted by atomic mass is 9.86. The number of rotatable bonds is 7. The molecule has 0 radical (unpaired) electrons. The number of amides is 1. The van der Waals surface area contributed by atoms with Crippen LogP contribution < -0.4 is 10.9 Å². The summed E-state index contributed by atoms with van der Waals surface area (Å²) in [6.07, 6.45) is 3.68. The molecule has 36 heavy (non-hydrogen) atoms. The van der Waals surface area contributed by atoms with Crippen molar-refractivity contribution in [2.45, 2.75) is 45.1 Å². The number of nitrogens with one attached hydrogen (secondary N) is 1. The maximum absolute atomic E-state index is 13.9. The van der Waals surface area contributed by atoms with Gasteiger partial charge in [-0.2, -0.15) is 0 Å². The fraction of sp³-hybridized carbons (Fsp3) is 0.333. The number of benzene rings is 2. The Bertz CT molecular complexity index is 1300. The molecular weight excluding hydrogens is 450 g/mol.